The minimum Gasteiger partial charge on any atom is -0.507 e. The second-order valence-electron chi connectivity index (χ2n) is 8.28. The van der Waals surface area contributed by atoms with E-state index in [9.17, 15) is 14.7 Å². The van der Waals surface area contributed by atoms with Crippen molar-refractivity contribution >= 4 is 17.4 Å². The lowest BCUT2D eigenvalue weighted by Gasteiger charge is -2.24. The van der Waals surface area contributed by atoms with Gasteiger partial charge in [-0.2, -0.15) is 0 Å². The van der Waals surface area contributed by atoms with E-state index >= 15 is 0 Å². The minimum absolute atomic E-state index is 0.0460. The van der Waals surface area contributed by atoms with Gasteiger partial charge in [-0.25, -0.2) is 0 Å². The van der Waals surface area contributed by atoms with Gasteiger partial charge in [0.05, 0.1) is 18.9 Å². The van der Waals surface area contributed by atoms with E-state index in [-0.39, 0.29) is 17.3 Å². The molecule has 1 saturated heterocycles. The molecule has 0 bridgehead atoms. The van der Waals surface area contributed by atoms with Gasteiger partial charge in [-0.15, -0.1) is 0 Å². The molecule has 1 aliphatic heterocycles. The maximum Gasteiger partial charge on any atom is 0.295 e. The Hall–Kier alpha value is -3.06. The average Bonchev–Trinajstić information content (AvgIpc) is 3.35. The van der Waals surface area contributed by atoms with Gasteiger partial charge in [0, 0.05) is 12.1 Å². The molecule has 0 aliphatic carbocycles. The Labute approximate surface area is 182 Å². The van der Waals surface area contributed by atoms with Crippen LogP contribution in [0.15, 0.2) is 46.6 Å². The zero-order chi connectivity index (χ0) is 22.7. The number of carbonyl (C=O) groups is 2. The normalized spacial score (nSPS) is 18.4. The first-order valence-electron chi connectivity index (χ1n) is 10.4. The molecule has 1 fully saturated rings. The molecule has 1 aromatic carbocycles. The standard InChI is InChI=1S/C24H30N2O5/c1-15(2)17-14-16(9-10-18(17)30-5)22(27)20-21(19-8-6-13-31-19)26(24(29)23(20)28)12-7-11-25(3)4/h6,8-10,13-15,21,27H,7,11-12H2,1-5H3/b22-20-. The summed E-state index contributed by atoms with van der Waals surface area (Å²) in [5, 5.41) is 11.2. The number of furan rings is 1. The molecule has 1 aliphatic rings. The van der Waals surface area contributed by atoms with Gasteiger partial charge in [0.2, 0.25) is 0 Å². The first-order chi connectivity index (χ1) is 14.8. The highest BCUT2D eigenvalue weighted by atomic mass is 16.5. The summed E-state index contributed by atoms with van der Waals surface area (Å²) in [6, 6.07) is 7.92. The van der Waals surface area contributed by atoms with Crippen LogP contribution in [0.3, 0.4) is 0 Å². The van der Waals surface area contributed by atoms with Crippen molar-refractivity contribution in [3.8, 4) is 5.75 Å². The van der Waals surface area contributed by atoms with Crippen LogP contribution in [0.4, 0.5) is 0 Å². The van der Waals surface area contributed by atoms with Crippen molar-refractivity contribution < 1.29 is 23.8 Å². The van der Waals surface area contributed by atoms with Crippen molar-refractivity contribution in [2.75, 3.05) is 34.3 Å². The van der Waals surface area contributed by atoms with E-state index in [1.54, 1.807) is 37.4 Å². The number of likely N-dealkylation sites (tertiary alicyclic amines) is 1. The number of Topliss-reactive ketones (excluding diaryl/α,β-unsaturated/α-hetero) is 1. The number of rotatable bonds is 8. The van der Waals surface area contributed by atoms with E-state index in [1.807, 2.05) is 32.8 Å². The first kappa shape index (κ1) is 22.6. The number of aliphatic hydroxyl groups excluding tert-OH is 1. The predicted molar refractivity (Wildman–Crippen MR) is 118 cm³/mol. The molecule has 0 saturated carbocycles. The van der Waals surface area contributed by atoms with Gasteiger partial charge in [0.25, 0.3) is 11.7 Å². The topological polar surface area (TPSA) is 83.2 Å². The Morgan fingerprint density at radius 2 is 2.00 bits per heavy atom. The van der Waals surface area contributed by atoms with Crippen LogP contribution in [0.25, 0.3) is 5.76 Å². The fourth-order valence-corrected chi connectivity index (χ4v) is 3.90. The quantitative estimate of drug-likeness (QED) is 0.393. The third kappa shape index (κ3) is 4.51. The number of nitrogens with zero attached hydrogens (tertiary/aromatic N) is 2. The van der Waals surface area contributed by atoms with Crippen LogP contribution in [0.5, 0.6) is 5.75 Å². The highest BCUT2D eigenvalue weighted by Crippen LogP contribution is 2.40. The molecule has 3 rings (SSSR count). The number of hydrogen-bond acceptors (Lipinski definition) is 6. The van der Waals surface area contributed by atoms with Crippen molar-refractivity contribution in [2.45, 2.75) is 32.2 Å². The fourth-order valence-electron chi connectivity index (χ4n) is 3.90. The van der Waals surface area contributed by atoms with Crippen molar-refractivity contribution in [2.24, 2.45) is 0 Å². The van der Waals surface area contributed by atoms with Crippen LogP contribution >= 0.6 is 0 Å². The first-order valence-corrected chi connectivity index (χ1v) is 10.4. The maximum atomic E-state index is 13.0. The Morgan fingerprint density at radius 1 is 1.26 bits per heavy atom. The van der Waals surface area contributed by atoms with Gasteiger partial charge < -0.3 is 24.1 Å². The largest absolute Gasteiger partial charge is 0.507 e. The van der Waals surface area contributed by atoms with Crippen LogP contribution in [0.1, 0.15) is 49.1 Å². The smallest absolute Gasteiger partial charge is 0.295 e. The molecule has 166 valence electrons. The summed E-state index contributed by atoms with van der Waals surface area (Å²) >= 11 is 0. The molecule has 31 heavy (non-hydrogen) atoms. The maximum absolute atomic E-state index is 13.0. The molecule has 2 aromatic rings. The molecule has 7 nitrogen and oxygen atoms in total. The highest BCUT2D eigenvalue weighted by molar-refractivity contribution is 6.46. The minimum atomic E-state index is -0.762. The van der Waals surface area contributed by atoms with Gasteiger partial charge in [-0.3, -0.25) is 9.59 Å². The van der Waals surface area contributed by atoms with Crippen LogP contribution in [-0.2, 0) is 9.59 Å². The van der Waals surface area contributed by atoms with E-state index in [0.717, 1.165) is 12.1 Å². The third-order valence-corrected chi connectivity index (χ3v) is 5.48. The summed E-state index contributed by atoms with van der Waals surface area (Å²) < 4.78 is 11.0. The molecule has 0 radical (unpaired) electrons. The highest BCUT2D eigenvalue weighted by Gasteiger charge is 2.47. The Bertz CT molecular complexity index is 976. The third-order valence-electron chi connectivity index (χ3n) is 5.48. The van der Waals surface area contributed by atoms with E-state index in [0.29, 0.717) is 30.0 Å². The summed E-state index contributed by atoms with van der Waals surface area (Å²) in [6.07, 6.45) is 2.19. The van der Waals surface area contributed by atoms with Crippen molar-refractivity contribution in [3.63, 3.8) is 0 Å². The van der Waals surface area contributed by atoms with E-state index < -0.39 is 17.7 Å². The number of benzene rings is 1. The van der Waals surface area contributed by atoms with E-state index in [2.05, 4.69) is 0 Å². The van der Waals surface area contributed by atoms with Gasteiger partial charge in [-0.1, -0.05) is 13.8 Å². The zero-order valence-electron chi connectivity index (χ0n) is 18.7. The second kappa shape index (κ2) is 9.39. The summed E-state index contributed by atoms with van der Waals surface area (Å²) in [6.45, 7) is 5.19. The molecule has 1 unspecified atom stereocenters. The van der Waals surface area contributed by atoms with Gasteiger partial charge in [0.15, 0.2) is 0 Å². The molecule has 1 aromatic heterocycles. The molecular formula is C24H30N2O5. The Morgan fingerprint density at radius 3 is 2.58 bits per heavy atom. The van der Waals surface area contributed by atoms with E-state index in [4.69, 9.17) is 9.15 Å². The summed E-state index contributed by atoms with van der Waals surface area (Å²) in [7, 11) is 5.50. The van der Waals surface area contributed by atoms with Crippen LogP contribution < -0.4 is 4.74 Å². The molecule has 1 amide bonds. The number of carbonyl (C=O) groups excluding carboxylic acids is 2. The Kier molecular flexibility index (Phi) is 6.85. The Balaban J connectivity index is 2.08. The van der Waals surface area contributed by atoms with Crippen molar-refractivity contribution in [3.05, 3.63) is 59.1 Å². The number of ether oxygens (including phenoxy) is 1. The van der Waals surface area contributed by atoms with Crippen molar-refractivity contribution in [1.29, 1.82) is 0 Å². The van der Waals surface area contributed by atoms with Crippen LogP contribution in [0.2, 0.25) is 0 Å². The fraction of sp³-hybridized carbons (Fsp3) is 0.417. The molecule has 0 spiro atoms. The van der Waals surface area contributed by atoms with Crippen molar-refractivity contribution in [1.82, 2.24) is 9.80 Å². The number of hydrogen-bond donors (Lipinski definition) is 1. The van der Waals surface area contributed by atoms with Crippen LogP contribution in [0, 0.1) is 0 Å². The summed E-state index contributed by atoms with van der Waals surface area (Å²) in [5.74, 6) is -0.233. The SMILES string of the molecule is COc1ccc(/C(O)=C2/C(=O)C(=O)N(CCCN(C)C)C2c2ccco2)cc1C(C)C. The number of amides is 1. The summed E-state index contributed by atoms with van der Waals surface area (Å²) in [5.41, 5.74) is 1.42. The van der Waals surface area contributed by atoms with Gasteiger partial charge in [-0.05, 0) is 68.9 Å². The molecule has 7 heteroatoms. The predicted octanol–water partition coefficient (Wildman–Crippen LogP) is 3.79. The van der Waals surface area contributed by atoms with E-state index in [1.165, 1.54) is 11.2 Å². The molecule has 1 atom stereocenters. The number of methoxy groups -OCH3 is 1. The number of ketones is 1. The monoisotopic (exact) mass is 426 g/mol. The molecule has 1 N–H and O–H groups in total. The lowest BCUT2D eigenvalue weighted by atomic mass is 9.95. The van der Waals surface area contributed by atoms with Gasteiger partial charge >= 0.3 is 0 Å². The second-order valence-corrected chi connectivity index (χ2v) is 8.28. The lowest BCUT2D eigenvalue weighted by molar-refractivity contribution is -0.140. The van der Waals surface area contributed by atoms with Gasteiger partial charge in [0.1, 0.15) is 23.3 Å². The summed E-state index contributed by atoms with van der Waals surface area (Å²) in [4.78, 5) is 29.4. The lowest BCUT2D eigenvalue weighted by Crippen LogP contribution is -2.32. The molecular weight excluding hydrogens is 396 g/mol. The average molecular weight is 427 g/mol. The number of aliphatic hydroxyl groups is 1. The van der Waals surface area contributed by atoms with Crippen LogP contribution in [-0.4, -0.2) is 60.9 Å². The zero-order valence-corrected chi connectivity index (χ0v) is 18.7. The molecule has 2 heterocycles.